The van der Waals surface area contributed by atoms with Crippen molar-refractivity contribution in [2.45, 2.75) is 63.7 Å². The highest BCUT2D eigenvalue weighted by Gasteiger charge is 2.32. The molecule has 7 heteroatoms. The first kappa shape index (κ1) is 24.4. The van der Waals surface area contributed by atoms with Crippen LogP contribution in [0.15, 0.2) is 46.9 Å². The maximum Gasteiger partial charge on any atom is 0.223 e. The summed E-state index contributed by atoms with van der Waals surface area (Å²) in [5, 5.41) is 3.25. The van der Waals surface area contributed by atoms with Crippen molar-refractivity contribution in [3.05, 3.63) is 69.2 Å². The zero-order valence-corrected chi connectivity index (χ0v) is 21.6. The third kappa shape index (κ3) is 6.06. The van der Waals surface area contributed by atoms with Gasteiger partial charge in [-0.1, -0.05) is 53.2 Å². The van der Waals surface area contributed by atoms with Crippen LogP contribution >= 0.6 is 15.9 Å². The molecule has 1 saturated heterocycles. The third-order valence-electron chi connectivity index (χ3n) is 6.98. The molecule has 0 saturated carbocycles. The van der Waals surface area contributed by atoms with Crippen molar-refractivity contribution in [2.75, 3.05) is 13.1 Å². The number of nitrogens with zero attached hydrogens (tertiary/aromatic N) is 1. The Morgan fingerprint density at radius 2 is 1.73 bits per heavy atom. The quantitative estimate of drug-likeness (QED) is 0.536. The summed E-state index contributed by atoms with van der Waals surface area (Å²) in [5.41, 5.74) is 4.83. The Bertz CT molecular complexity index is 1080. The second-order valence-electron chi connectivity index (χ2n) is 9.26. The highest BCUT2D eigenvalue weighted by Crippen LogP contribution is 2.28. The molecule has 1 N–H and O–H groups in total. The normalized spacial score (nSPS) is 18.5. The summed E-state index contributed by atoms with van der Waals surface area (Å²) in [6.07, 6.45) is 6.74. The molecule has 33 heavy (non-hydrogen) atoms. The van der Waals surface area contributed by atoms with Gasteiger partial charge in [-0.3, -0.25) is 4.79 Å². The molecular weight excluding hydrogens is 500 g/mol. The fourth-order valence-electron chi connectivity index (χ4n) is 4.96. The summed E-state index contributed by atoms with van der Waals surface area (Å²) in [5.74, 6) is -0.103. The molecule has 178 valence electrons. The van der Waals surface area contributed by atoms with E-state index in [1.54, 1.807) is 4.31 Å². The lowest BCUT2D eigenvalue weighted by atomic mass is 9.88. The molecule has 0 aromatic heterocycles. The van der Waals surface area contributed by atoms with Crippen LogP contribution < -0.4 is 5.32 Å². The molecule has 2 aromatic carbocycles. The first-order valence-corrected chi connectivity index (χ1v) is 14.4. The van der Waals surface area contributed by atoms with Crippen molar-refractivity contribution < 1.29 is 13.2 Å². The molecule has 0 radical (unpaired) electrons. The number of fused-ring (bicyclic) bond motifs is 1. The average molecular weight is 534 g/mol. The lowest BCUT2D eigenvalue weighted by molar-refractivity contribution is -0.126. The molecule has 2 aliphatic rings. The van der Waals surface area contributed by atoms with Gasteiger partial charge in [-0.05, 0) is 79.3 Å². The third-order valence-corrected chi connectivity index (χ3v) is 9.36. The number of benzene rings is 2. The minimum atomic E-state index is -3.39. The number of carbonyl (C=O) groups excluding carboxylic acids is 1. The van der Waals surface area contributed by atoms with Crippen LogP contribution in [0.1, 0.15) is 67.3 Å². The Labute approximate surface area is 206 Å². The fourth-order valence-corrected chi connectivity index (χ4v) is 6.79. The minimum Gasteiger partial charge on any atom is -0.349 e. The van der Waals surface area contributed by atoms with Crippen LogP contribution in [0.2, 0.25) is 0 Å². The number of rotatable bonds is 7. The second-order valence-corrected chi connectivity index (χ2v) is 12.1. The molecule has 1 aliphatic heterocycles. The lowest BCUT2D eigenvalue weighted by Gasteiger charge is -2.31. The molecular formula is C26H33BrN2O3S. The summed E-state index contributed by atoms with van der Waals surface area (Å²) in [6, 6.07) is 14.0. The van der Waals surface area contributed by atoms with Crippen LogP contribution in [0.3, 0.4) is 0 Å². The number of halogens is 1. The van der Waals surface area contributed by atoms with E-state index in [2.05, 4.69) is 46.4 Å². The summed E-state index contributed by atoms with van der Waals surface area (Å²) < 4.78 is 28.2. The smallest absolute Gasteiger partial charge is 0.223 e. The van der Waals surface area contributed by atoms with Gasteiger partial charge in [-0.15, -0.1) is 0 Å². The van der Waals surface area contributed by atoms with Crippen LogP contribution in [0, 0.1) is 5.92 Å². The molecule has 2 aromatic rings. The van der Waals surface area contributed by atoms with Gasteiger partial charge < -0.3 is 5.32 Å². The first-order chi connectivity index (χ1) is 15.9. The van der Waals surface area contributed by atoms with E-state index >= 15 is 0 Å². The van der Waals surface area contributed by atoms with Crippen molar-refractivity contribution >= 4 is 31.9 Å². The number of aryl methyl sites for hydroxylation is 2. The van der Waals surface area contributed by atoms with Crippen molar-refractivity contribution in [2.24, 2.45) is 5.92 Å². The minimum absolute atomic E-state index is 0.00361. The molecule has 1 aliphatic carbocycles. The number of sulfonamides is 1. The van der Waals surface area contributed by atoms with Gasteiger partial charge in [0.15, 0.2) is 0 Å². The van der Waals surface area contributed by atoms with Crippen LogP contribution in [0.25, 0.3) is 0 Å². The maximum atomic E-state index is 13.0. The zero-order valence-electron chi connectivity index (χ0n) is 19.2. The number of nitrogens with one attached hydrogen (secondary N) is 1. The van der Waals surface area contributed by atoms with Crippen LogP contribution in [-0.2, 0) is 33.4 Å². The number of piperidine rings is 1. The van der Waals surface area contributed by atoms with Crippen LogP contribution in [0.4, 0.5) is 0 Å². The summed E-state index contributed by atoms with van der Waals surface area (Å²) in [4.78, 5) is 13.0. The predicted octanol–water partition coefficient (Wildman–Crippen LogP) is 5.14. The van der Waals surface area contributed by atoms with Crippen molar-refractivity contribution in [1.29, 1.82) is 0 Å². The van der Waals surface area contributed by atoms with Gasteiger partial charge in [0.05, 0.1) is 11.8 Å². The molecule has 5 nitrogen and oxygen atoms in total. The predicted molar refractivity (Wildman–Crippen MR) is 135 cm³/mol. The second kappa shape index (κ2) is 10.7. The SMILES string of the molecule is CC[C@@H](NC(=O)C1CCN(S(=O)(=O)Cc2ccc(Br)cc2)CC1)c1ccc2c(c1)CCCC2. The highest BCUT2D eigenvalue weighted by molar-refractivity contribution is 9.10. The lowest BCUT2D eigenvalue weighted by Crippen LogP contribution is -2.44. The van der Waals surface area contributed by atoms with Gasteiger partial charge in [-0.2, -0.15) is 0 Å². The van der Waals surface area contributed by atoms with E-state index in [0.29, 0.717) is 25.9 Å². The Hall–Kier alpha value is -1.70. The van der Waals surface area contributed by atoms with E-state index in [1.165, 1.54) is 29.5 Å². The molecule has 1 amide bonds. The monoisotopic (exact) mass is 532 g/mol. The van der Waals surface area contributed by atoms with Crippen LogP contribution in [0.5, 0.6) is 0 Å². The van der Waals surface area contributed by atoms with Crippen LogP contribution in [-0.4, -0.2) is 31.7 Å². The van der Waals surface area contributed by atoms with Crippen molar-refractivity contribution in [3.8, 4) is 0 Å². The molecule has 0 bridgehead atoms. The standard InChI is InChI=1S/C26H33BrN2O3S/c1-2-25(23-10-9-20-5-3-4-6-22(20)17-23)28-26(30)21-13-15-29(16-14-21)33(31,32)18-19-7-11-24(27)12-8-19/h7-12,17,21,25H,2-6,13-16,18H2,1H3,(H,28,30)/t25-/m1/s1. The molecule has 0 spiro atoms. The van der Waals surface area contributed by atoms with Gasteiger partial charge in [0.2, 0.25) is 15.9 Å². The number of hydrogen-bond donors (Lipinski definition) is 1. The van der Waals surface area contributed by atoms with Gasteiger partial charge in [0, 0.05) is 23.5 Å². The Kier molecular flexibility index (Phi) is 7.92. The first-order valence-electron chi connectivity index (χ1n) is 12.0. The number of hydrogen-bond acceptors (Lipinski definition) is 3. The Balaban J connectivity index is 1.33. The van der Waals surface area contributed by atoms with Crippen molar-refractivity contribution in [3.63, 3.8) is 0 Å². The molecule has 4 rings (SSSR count). The van der Waals surface area contributed by atoms with Gasteiger partial charge in [0.25, 0.3) is 0 Å². The molecule has 0 unspecified atom stereocenters. The van der Waals surface area contributed by atoms with E-state index in [0.717, 1.165) is 29.3 Å². The zero-order chi connectivity index (χ0) is 23.4. The summed E-state index contributed by atoms with van der Waals surface area (Å²) in [7, 11) is -3.39. The maximum absolute atomic E-state index is 13.0. The number of carbonyl (C=O) groups is 1. The Morgan fingerprint density at radius 1 is 1.06 bits per heavy atom. The summed E-state index contributed by atoms with van der Waals surface area (Å²) in [6.45, 7) is 2.89. The van der Waals surface area contributed by atoms with E-state index in [-0.39, 0.29) is 23.6 Å². The number of amides is 1. The Morgan fingerprint density at radius 3 is 2.39 bits per heavy atom. The largest absolute Gasteiger partial charge is 0.349 e. The van der Waals surface area contributed by atoms with E-state index in [9.17, 15) is 13.2 Å². The molecule has 1 fully saturated rings. The fraction of sp³-hybridized carbons (Fsp3) is 0.500. The topological polar surface area (TPSA) is 66.5 Å². The van der Waals surface area contributed by atoms with Gasteiger partial charge in [0.1, 0.15) is 0 Å². The van der Waals surface area contributed by atoms with Gasteiger partial charge in [-0.25, -0.2) is 12.7 Å². The van der Waals surface area contributed by atoms with E-state index < -0.39 is 10.0 Å². The summed E-state index contributed by atoms with van der Waals surface area (Å²) >= 11 is 3.38. The van der Waals surface area contributed by atoms with Crippen molar-refractivity contribution in [1.82, 2.24) is 9.62 Å². The molecule has 1 heterocycles. The highest BCUT2D eigenvalue weighted by atomic mass is 79.9. The van der Waals surface area contributed by atoms with Gasteiger partial charge >= 0.3 is 0 Å². The molecule has 1 atom stereocenters. The average Bonchev–Trinajstić information content (AvgIpc) is 2.83. The van der Waals surface area contributed by atoms with E-state index in [4.69, 9.17) is 0 Å². The van der Waals surface area contributed by atoms with E-state index in [1.807, 2.05) is 24.3 Å².